The van der Waals surface area contributed by atoms with Gasteiger partial charge in [-0.05, 0) is 33.2 Å². The molecule has 2 heterocycles. The van der Waals surface area contributed by atoms with E-state index in [1.54, 1.807) is 7.05 Å². The summed E-state index contributed by atoms with van der Waals surface area (Å²) in [4.78, 5) is 0. The summed E-state index contributed by atoms with van der Waals surface area (Å²) in [5, 5.41) is 7.55. The van der Waals surface area contributed by atoms with E-state index in [4.69, 9.17) is 11.6 Å². The number of nitrogens with zero attached hydrogens (tertiary/aromatic N) is 3. The van der Waals surface area contributed by atoms with Crippen molar-refractivity contribution < 1.29 is 8.42 Å². The second kappa shape index (κ2) is 6.64. The number of hydrogen-bond acceptors (Lipinski definition) is 4. The van der Waals surface area contributed by atoms with E-state index in [1.807, 2.05) is 13.8 Å². The van der Waals surface area contributed by atoms with Crippen LogP contribution in [-0.2, 0) is 17.1 Å². The van der Waals surface area contributed by atoms with E-state index in [0.717, 1.165) is 25.8 Å². The molecule has 0 amide bonds. The van der Waals surface area contributed by atoms with Crippen LogP contribution in [0.5, 0.6) is 0 Å². The van der Waals surface area contributed by atoms with Gasteiger partial charge in [-0.1, -0.05) is 18.0 Å². The van der Waals surface area contributed by atoms with Crippen LogP contribution in [0.1, 0.15) is 33.1 Å². The van der Waals surface area contributed by atoms with Crippen molar-refractivity contribution >= 4 is 21.6 Å². The quantitative estimate of drug-likeness (QED) is 0.888. The predicted molar refractivity (Wildman–Crippen MR) is 82.9 cm³/mol. The molecule has 0 aliphatic carbocycles. The maximum Gasteiger partial charge on any atom is 0.262 e. The van der Waals surface area contributed by atoms with Crippen molar-refractivity contribution in [3.05, 3.63) is 11.2 Å². The third-order valence-electron chi connectivity index (χ3n) is 3.78. The number of nitrogens with one attached hydrogen (secondary N) is 1. The average Bonchev–Trinajstić information content (AvgIpc) is 2.76. The van der Waals surface area contributed by atoms with Crippen LogP contribution >= 0.6 is 11.6 Å². The van der Waals surface area contributed by atoms with Crippen LogP contribution in [0.25, 0.3) is 0 Å². The minimum Gasteiger partial charge on any atom is -0.313 e. The second-order valence-electron chi connectivity index (χ2n) is 5.74. The first kappa shape index (κ1) is 16.7. The Morgan fingerprint density at radius 3 is 2.71 bits per heavy atom. The Hall–Kier alpha value is -0.630. The molecule has 1 atom stereocenters. The van der Waals surface area contributed by atoms with Gasteiger partial charge in [0.15, 0.2) is 5.03 Å². The van der Waals surface area contributed by atoms with E-state index in [0.29, 0.717) is 6.54 Å². The van der Waals surface area contributed by atoms with Crippen LogP contribution in [0.2, 0.25) is 5.02 Å². The number of piperidine rings is 1. The van der Waals surface area contributed by atoms with E-state index in [-0.39, 0.29) is 22.1 Å². The zero-order valence-corrected chi connectivity index (χ0v) is 14.3. The Morgan fingerprint density at radius 2 is 2.24 bits per heavy atom. The van der Waals surface area contributed by atoms with Gasteiger partial charge < -0.3 is 5.32 Å². The van der Waals surface area contributed by atoms with Crippen molar-refractivity contribution in [1.82, 2.24) is 19.4 Å². The van der Waals surface area contributed by atoms with Gasteiger partial charge >= 0.3 is 0 Å². The maximum absolute atomic E-state index is 12.9. The molecule has 1 aromatic heterocycles. The number of sulfonamides is 1. The third-order valence-corrected chi connectivity index (χ3v) is 6.33. The Kier molecular flexibility index (Phi) is 5.29. The zero-order valence-electron chi connectivity index (χ0n) is 12.7. The topological polar surface area (TPSA) is 67.2 Å². The van der Waals surface area contributed by atoms with E-state index in [1.165, 1.54) is 15.2 Å². The Labute approximate surface area is 131 Å². The largest absolute Gasteiger partial charge is 0.313 e. The number of aryl methyl sites for hydroxylation is 1. The van der Waals surface area contributed by atoms with Gasteiger partial charge in [0.2, 0.25) is 0 Å². The minimum atomic E-state index is -3.66. The van der Waals surface area contributed by atoms with Crippen molar-refractivity contribution in [2.24, 2.45) is 7.05 Å². The first-order chi connectivity index (χ1) is 9.84. The molecule has 1 aromatic rings. The van der Waals surface area contributed by atoms with Crippen molar-refractivity contribution in [1.29, 1.82) is 0 Å². The van der Waals surface area contributed by atoms with Gasteiger partial charge in [-0.25, -0.2) is 8.42 Å². The number of halogens is 1. The lowest BCUT2D eigenvalue weighted by atomic mass is 10.1. The van der Waals surface area contributed by atoms with Crippen molar-refractivity contribution in [3.8, 4) is 0 Å². The average molecular weight is 335 g/mol. The van der Waals surface area contributed by atoms with E-state index < -0.39 is 10.0 Å². The fourth-order valence-electron chi connectivity index (χ4n) is 2.68. The zero-order chi connectivity index (χ0) is 15.6. The Morgan fingerprint density at radius 1 is 1.52 bits per heavy atom. The summed E-state index contributed by atoms with van der Waals surface area (Å²) in [6.07, 6.45) is 4.65. The number of aromatic nitrogens is 2. The highest BCUT2D eigenvalue weighted by Crippen LogP contribution is 2.26. The van der Waals surface area contributed by atoms with Gasteiger partial charge in [-0.3, -0.25) is 4.68 Å². The minimum absolute atomic E-state index is 0.0636. The molecule has 6 nitrogen and oxygen atoms in total. The van der Waals surface area contributed by atoms with E-state index in [2.05, 4.69) is 10.4 Å². The number of hydrogen-bond donors (Lipinski definition) is 1. The summed E-state index contributed by atoms with van der Waals surface area (Å²) in [6, 6.07) is 0.0626. The lowest BCUT2D eigenvalue weighted by molar-refractivity contribution is 0.281. The highest BCUT2D eigenvalue weighted by Gasteiger charge is 2.33. The van der Waals surface area contributed by atoms with Gasteiger partial charge in [0, 0.05) is 25.7 Å². The van der Waals surface area contributed by atoms with Gasteiger partial charge in [-0.2, -0.15) is 9.40 Å². The molecule has 2 rings (SSSR count). The molecular weight excluding hydrogens is 312 g/mol. The van der Waals surface area contributed by atoms with Crippen LogP contribution in [-0.4, -0.2) is 47.7 Å². The van der Waals surface area contributed by atoms with Crippen molar-refractivity contribution in [2.75, 3.05) is 13.1 Å². The molecule has 120 valence electrons. The van der Waals surface area contributed by atoms with Crippen LogP contribution in [0.3, 0.4) is 0 Å². The molecular formula is C13H23ClN4O2S. The van der Waals surface area contributed by atoms with Crippen LogP contribution < -0.4 is 5.32 Å². The predicted octanol–water partition coefficient (Wildman–Crippen LogP) is 1.61. The SMILES string of the molecule is CC(C)N(CC1CCCCN1)S(=O)(=O)c1c(Cl)cnn1C. The molecule has 1 aliphatic heterocycles. The van der Waals surface area contributed by atoms with E-state index >= 15 is 0 Å². The van der Waals surface area contributed by atoms with Gasteiger partial charge in [0.1, 0.15) is 0 Å². The normalized spacial score (nSPS) is 20.4. The van der Waals surface area contributed by atoms with Gasteiger partial charge in [0.05, 0.1) is 11.2 Å². The summed E-state index contributed by atoms with van der Waals surface area (Å²) in [5.41, 5.74) is 0. The fourth-order valence-corrected chi connectivity index (χ4v) is 4.98. The molecule has 1 saturated heterocycles. The second-order valence-corrected chi connectivity index (χ2v) is 7.95. The summed E-state index contributed by atoms with van der Waals surface area (Å²) < 4.78 is 28.6. The molecule has 0 radical (unpaired) electrons. The van der Waals surface area contributed by atoms with Crippen LogP contribution in [0.15, 0.2) is 11.2 Å². The highest BCUT2D eigenvalue weighted by atomic mass is 35.5. The van der Waals surface area contributed by atoms with Gasteiger partial charge in [-0.15, -0.1) is 0 Å². The summed E-state index contributed by atoms with van der Waals surface area (Å²) in [6.45, 7) is 5.17. The Balaban J connectivity index is 2.28. The molecule has 21 heavy (non-hydrogen) atoms. The molecule has 0 spiro atoms. The fraction of sp³-hybridized carbons (Fsp3) is 0.769. The lowest BCUT2D eigenvalue weighted by Crippen LogP contribution is -2.48. The smallest absolute Gasteiger partial charge is 0.262 e. The Bertz CT molecular complexity index is 559. The summed E-state index contributed by atoms with van der Waals surface area (Å²) in [5.74, 6) is 0. The first-order valence-electron chi connectivity index (χ1n) is 7.26. The van der Waals surface area contributed by atoms with Crippen molar-refractivity contribution in [3.63, 3.8) is 0 Å². The van der Waals surface area contributed by atoms with Crippen LogP contribution in [0.4, 0.5) is 0 Å². The maximum atomic E-state index is 12.9. The highest BCUT2D eigenvalue weighted by molar-refractivity contribution is 7.89. The summed E-state index contributed by atoms with van der Waals surface area (Å²) >= 11 is 6.02. The number of rotatable bonds is 5. The lowest BCUT2D eigenvalue weighted by Gasteiger charge is -2.32. The molecule has 1 aliphatic rings. The first-order valence-corrected chi connectivity index (χ1v) is 9.08. The van der Waals surface area contributed by atoms with E-state index in [9.17, 15) is 8.42 Å². The third kappa shape index (κ3) is 3.59. The summed E-state index contributed by atoms with van der Waals surface area (Å²) in [7, 11) is -2.06. The molecule has 8 heteroatoms. The molecule has 0 aromatic carbocycles. The molecule has 0 saturated carbocycles. The van der Waals surface area contributed by atoms with Crippen molar-refractivity contribution in [2.45, 2.75) is 50.2 Å². The monoisotopic (exact) mass is 334 g/mol. The molecule has 1 fully saturated rings. The molecule has 1 unspecified atom stereocenters. The van der Waals surface area contributed by atoms with Crippen LogP contribution in [0, 0.1) is 0 Å². The molecule has 1 N–H and O–H groups in total. The molecule has 0 bridgehead atoms. The van der Waals surface area contributed by atoms with Gasteiger partial charge in [0.25, 0.3) is 10.0 Å². The standard InChI is InChI=1S/C13H23ClN4O2S/c1-10(2)18(9-11-6-4-5-7-15-11)21(19,20)13-12(14)8-16-17(13)3/h8,10-11,15H,4-7,9H2,1-3H3.